The maximum atomic E-state index is 5.71. The minimum Gasteiger partial charge on any atom is -0.496 e. The molecule has 1 heterocycles. The van der Waals surface area contributed by atoms with Gasteiger partial charge in [0.05, 0.1) is 19.8 Å². The van der Waals surface area contributed by atoms with Gasteiger partial charge in [-0.15, -0.1) is 11.3 Å². The maximum absolute atomic E-state index is 5.71. The van der Waals surface area contributed by atoms with Crippen LogP contribution >= 0.6 is 11.3 Å². The molecule has 0 fully saturated rings. The standard InChI is InChI=1S/C15H19NO2S/c1-4-18-13-8-6-5-7-12(13)15(16-2)14-9-11(17-3)10-19-14/h5-10,15-16H,4H2,1-3H3. The van der Waals surface area contributed by atoms with Gasteiger partial charge < -0.3 is 14.8 Å². The van der Waals surface area contributed by atoms with Crippen LogP contribution < -0.4 is 14.8 Å². The molecule has 1 aromatic heterocycles. The van der Waals surface area contributed by atoms with E-state index >= 15 is 0 Å². The normalized spacial score (nSPS) is 12.2. The average Bonchev–Trinajstić information content (AvgIpc) is 2.91. The molecule has 1 N–H and O–H groups in total. The number of ether oxygens (including phenoxy) is 2. The summed E-state index contributed by atoms with van der Waals surface area (Å²) in [4.78, 5) is 1.21. The molecule has 0 aliphatic rings. The van der Waals surface area contributed by atoms with E-state index in [2.05, 4.69) is 17.4 Å². The van der Waals surface area contributed by atoms with Gasteiger partial charge in [-0.25, -0.2) is 0 Å². The minimum absolute atomic E-state index is 0.122. The smallest absolute Gasteiger partial charge is 0.129 e. The van der Waals surface area contributed by atoms with Crippen LogP contribution in [0.1, 0.15) is 23.4 Å². The Kier molecular flexibility index (Phi) is 4.82. The fourth-order valence-electron chi connectivity index (χ4n) is 2.05. The summed E-state index contributed by atoms with van der Waals surface area (Å²) >= 11 is 1.69. The van der Waals surface area contributed by atoms with E-state index in [4.69, 9.17) is 9.47 Å². The molecule has 2 rings (SSSR count). The first-order valence-corrected chi connectivity index (χ1v) is 7.19. The summed E-state index contributed by atoms with van der Waals surface area (Å²) in [6, 6.07) is 10.3. The molecule has 1 atom stereocenters. The second-order valence-electron chi connectivity index (χ2n) is 4.08. The highest BCUT2D eigenvalue weighted by Crippen LogP contribution is 2.34. The van der Waals surface area contributed by atoms with Crippen molar-refractivity contribution in [2.24, 2.45) is 0 Å². The zero-order valence-corrected chi connectivity index (χ0v) is 12.3. The van der Waals surface area contributed by atoms with Gasteiger partial charge in [-0.3, -0.25) is 0 Å². The largest absolute Gasteiger partial charge is 0.496 e. The fourth-order valence-corrected chi connectivity index (χ4v) is 3.03. The van der Waals surface area contributed by atoms with Gasteiger partial charge in [0.2, 0.25) is 0 Å². The van der Waals surface area contributed by atoms with Crippen LogP contribution in [0.5, 0.6) is 11.5 Å². The summed E-state index contributed by atoms with van der Waals surface area (Å²) in [5.74, 6) is 1.82. The third-order valence-electron chi connectivity index (χ3n) is 2.93. The quantitative estimate of drug-likeness (QED) is 0.877. The molecule has 0 aliphatic carbocycles. The third kappa shape index (κ3) is 3.08. The number of hydrogen-bond donors (Lipinski definition) is 1. The number of para-hydroxylation sites is 1. The van der Waals surface area contributed by atoms with Crippen molar-refractivity contribution in [3.8, 4) is 11.5 Å². The summed E-state index contributed by atoms with van der Waals surface area (Å²) in [5.41, 5.74) is 1.15. The van der Waals surface area contributed by atoms with Gasteiger partial charge in [0.1, 0.15) is 11.5 Å². The first kappa shape index (κ1) is 13.9. The van der Waals surface area contributed by atoms with Crippen LogP contribution in [0.3, 0.4) is 0 Å². The van der Waals surface area contributed by atoms with Crippen molar-refractivity contribution in [3.63, 3.8) is 0 Å². The Hall–Kier alpha value is -1.52. The van der Waals surface area contributed by atoms with Gasteiger partial charge in [-0.1, -0.05) is 18.2 Å². The van der Waals surface area contributed by atoms with Crippen LogP contribution in [0.4, 0.5) is 0 Å². The molecule has 0 aliphatic heterocycles. The predicted molar refractivity (Wildman–Crippen MR) is 79.4 cm³/mol. The maximum Gasteiger partial charge on any atom is 0.129 e. The Bertz CT molecular complexity index is 524. The van der Waals surface area contributed by atoms with Crippen molar-refractivity contribution in [2.45, 2.75) is 13.0 Å². The molecule has 1 unspecified atom stereocenters. The lowest BCUT2D eigenvalue weighted by Crippen LogP contribution is -2.17. The number of benzene rings is 1. The highest BCUT2D eigenvalue weighted by molar-refractivity contribution is 7.10. The minimum atomic E-state index is 0.122. The summed E-state index contributed by atoms with van der Waals surface area (Å²) in [6.07, 6.45) is 0. The van der Waals surface area contributed by atoms with Gasteiger partial charge >= 0.3 is 0 Å². The molecule has 0 amide bonds. The van der Waals surface area contributed by atoms with Crippen molar-refractivity contribution in [3.05, 3.63) is 46.2 Å². The van der Waals surface area contributed by atoms with Crippen molar-refractivity contribution >= 4 is 11.3 Å². The van der Waals surface area contributed by atoms with Gasteiger partial charge in [0.25, 0.3) is 0 Å². The summed E-state index contributed by atoms with van der Waals surface area (Å²) in [5, 5.41) is 5.36. The Morgan fingerprint density at radius 2 is 2.11 bits per heavy atom. The molecule has 0 saturated heterocycles. The predicted octanol–water partition coefficient (Wildman–Crippen LogP) is 3.46. The van der Waals surface area contributed by atoms with E-state index in [1.54, 1.807) is 18.4 Å². The van der Waals surface area contributed by atoms with E-state index in [0.717, 1.165) is 17.1 Å². The highest BCUT2D eigenvalue weighted by atomic mass is 32.1. The van der Waals surface area contributed by atoms with Crippen LogP contribution in [0, 0.1) is 0 Å². The Morgan fingerprint density at radius 1 is 1.32 bits per heavy atom. The Morgan fingerprint density at radius 3 is 2.74 bits per heavy atom. The van der Waals surface area contributed by atoms with Crippen LogP contribution in [-0.2, 0) is 0 Å². The van der Waals surface area contributed by atoms with Gasteiger partial charge in [0, 0.05) is 15.8 Å². The second kappa shape index (κ2) is 6.59. The first-order valence-electron chi connectivity index (χ1n) is 6.31. The second-order valence-corrected chi connectivity index (χ2v) is 5.02. The van der Waals surface area contributed by atoms with Crippen LogP contribution in [-0.4, -0.2) is 20.8 Å². The average molecular weight is 277 g/mol. The number of thiophene rings is 1. The highest BCUT2D eigenvalue weighted by Gasteiger charge is 2.18. The molecule has 0 radical (unpaired) electrons. The van der Waals surface area contributed by atoms with E-state index in [9.17, 15) is 0 Å². The molecular weight excluding hydrogens is 258 g/mol. The Balaban J connectivity index is 2.36. The number of methoxy groups -OCH3 is 1. The summed E-state index contributed by atoms with van der Waals surface area (Å²) < 4.78 is 11.0. The Labute approximate surface area is 118 Å². The lowest BCUT2D eigenvalue weighted by atomic mass is 10.0. The van der Waals surface area contributed by atoms with Gasteiger partial charge in [0.15, 0.2) is 0 Å². The van der Waals surface area contributed by atoms with Crippen molar-refractivity contribution < 1.29 is 9.47 Å². The van der Waals surface area contributed by atoms with Gasteiger partial charge in [-0.05, 0) is 26.1 Å². The molecule has 2 aromatic rings. The third-order valence-corrected chi connectivity index (χ3v) is 3.91. The zero-order valence-electron chi connectivity index (χ0n) is 11.5. The monoisotopic (exact) mass is 277 g/mol. The van der Waals surface area contributed by atoms with Crippen LogP contribution in [0.2, 0.25) is 0 Å². The van der Waals surface area contributed by atoms with E-state index in [1.807, 2.05) is 37.6 Å². The van der Waals surface area contributed by atoms with E-state index in [-0.39, 0.29) is 6.04 Å². The molecule has 4 heteroatoms. The van der Waals surface area contributed by atoms with Crippen LogP contribution in [0.15, 0.2) is 35.7 Å². The fraction of sp³-hybridized carbons (Fsp3) is 0.333. The molecule has 0 saturated carbocycles. The zero-order chi connectivity index (χ0) is 13.7. The molecule has 1 aromatic carbocycles. The van der Waals surface area contributed by atoms with E-state index in [0.29, 0.717) is 6.61 Å². The summed E-state index contributed by atoms with van der Waals surface area (Å²) in [7, 11) is 3.65. The molecule has 102 valence electrons. The van der Waals surface area contributed by atoms with Crippen molar-refractivity contribution in [1.29, 1.82) is 0 Å². The SMILES string of the molecule is CCOc1ccccc1C(NC)c1cc(OC)cs1. The topological polar surface area (TPSA) is 30.5 Å². The summed E-state index contributed by atoms with van der Waals surface area (Å²) in [6.45, 7) is 2.67. The first-order chi connectivity index (χ1) is 9.30. The lowest BCUT2D eigenvalue weighted by molar-refractivity contribution is 0.334. The van der Waals surface area contributed by atoms with Crippen LogP contribution in [0.25, 0.3) is 0 Å². The molecular formula is C15H19NO2S. The lowest BCUT2D eigenvalue weighted by Gasteiger charge is -2.18. The molecule has 19 heavy (non-hydrogen) atoms. The van der Waals surface area contributed by atoms with Crippen molar-refractivity contribution in [2.75, 3.05) is 20.8 Å². The van der Waals surface area contributed by atoms with Gasteiger partial charge in [-0.2, -0.15) is 0 Å². The molecule has 0 bridgehead atoms. The van der Waals surface area contributed by atoms with E-state index < -0.39 is 0 Å². The van der Waals surface area contributed by atoms with E-state index in [1.165, 1.54) is 4.88 Å². The number of rotatable bonds is 6. The number of nitrogens with one attached hydrogen (secondary N) is 1. The molecule has 3 nitrogen and oxygen atoms in total. The number of hydrogen-bond acceptors (Lipinski definition) is 4. The van der Waals surface area contributed by atoms with Crippen molar-refractivity contribution in [1.82, 2.24) is 5.32 Å². The molecule has 0 spiro atoms.